The standard InChI is InChI=1S/C18H20N2O3S/c1-14(21)19(2)17-7-9-18(10-8-17)24(22,23)20-12-11-15-5-3-4-6-16(15)13-20/h3-10H,11-13H2,1-2H3. The number of hydrogen-bond donors (Lipinski definition) is 0. The second kappa shape index (κ2) is 6.37. The van der Waals surface area contributed by atoms with Gasteiger partial charge in [-0.1, -0.05) is 24.3 Å². The van der Waals surface area contributed by atoms with Crippen molar-refractivity contribution >= 4 is 21.6 Å². The van der Waals surface area contributed by atoms with Gasteiger partial charge in [0.25, 0.3) is 0 Å². The summed E-state index contributed by atoms with van der Waals surface area (Å²) in [4.78, 5) is 13.1. The lowest BCUT2D eigenvalue weighted by molar-refractivity contribution is -0.116. The number of benzene rings is 2. The molecule has 0 spiro atoms. The molecule has 0 N–H and O–H groups in total. The highest BCUT2D eigenvalue weighted by Crippen LogP contribution is 2.26. The molecule has 0 radical (unpaired) electrons. The van der Waals surface area contributed by atoms with Crippen molar-refractivity contribution in [3.8, 4) is 0 Å². The van der Waals surface area contributed by atoms with Crippen LogP contribution >= 0.6 is 0 Å². The average Bonchev–Trinajstić information content (AvgIpc) is 2.60. The first-order chi connectivity index (χ1) is 11.4. The Hall–Kier alpha value is -2.18. The fourth-order valence-electron chi connectivity index (χ4n) is 2.85. The summed E-state index contributed by atoms with van der Waals surface area (Å²) in [5.74, 6) is -0.0988. The first-order valence-corrected chi connectivity index (χ1v) is 9.25. The van der Waals surface area contributed by atoms with E-state index in [0.717, 1.165) is 12.0 Å². The zero-order valence-corrected chi connectivity index (χ0v) is 14.6. The molecule has 1 heterocycles. The summed E-state index contributed by atoms with van der Waals surface area (Å²) in [6.07, 6.45) is 0.723. The van der Waals surface area contributed by atoms with E-state index < -0.39 is 10.0 Å². The summed E-state index contributed by atoms with van der Waals surface area (Å²) < 4.78 is 27.2. The molecule has 5 nitrogen and oxygen atoms in total. The lowest BCUT2D eigenvalue weighted by atomic mass is 10.0. The number of rotatable bonds is 3. The van der Waals surface area contributed by atoms with Gasteiger partial charge in [0.15, 0.2) is 0 Å². The van der Waals surface area contributed by atoms with Gasteiger partial charge < -0.3 is 4.90 Å². The Labute approximate surface area is 142 Å². The quantitative estimate of drug-likeness (QED) is 0.859. The number of carbonyl (C=O) groups excluding carboxylic acids is 1. The zero-order valence-electron chi connectivity index (χ0n) is 13.8. The molecule has 126 valence electrons. The molecule has 1 aliphatic heterocycles. The minimum absolute atomic E-state index is 0.0988. The zero-order chi connectivity index (χ0) is 17.3. The predicted molar refractivity (Wildman–Crippen MR) is 93.3 cm³/mol. The second-order valence-electron chi connectivity index (χ2n) is 5.93. The highest BCUT2D eigenvalue weighted by Gasteiger charge is 2.28. The Kier molecular flexibility index (Phi) is 4.43. The van der Waals surface area contributed by atoms with Gasteiger partial charge >= 0.3 is 0 Å². The number of fused-ring (bicyclic) bond motifs is 1. The van der Waals surface area contributed by atoms with Crippen molar-refractivity contribution in [3.05, 3.63) is 59.7 Å². The average molecular weight is 344 g/mol. The molecule has 0 aromatic heterocycles. The Balaban J connectivity index is 1.85. The fraction of sp³-hybridized carbons (Fsp3) is 0.278. The SMILES string of the molecule is CC(=O)N(C)c1ccc(S(=O)(=O)N2CCc3ccccc3C2)cc1. The summed E-state index contributed by atoms with van der Waals surface area (Å²) in [5, 5.41) is 0. The van der Waals surface area contributed by atoms with Crippen LogP contribution in [0.1, 0.15) is 18.1 Å². The van der Waals surface area contributed by atoms with Gasteiger partial charge in [-0.2, -0.15) is 4.31 Å². The van der Waals surface area contributed by atoms with Crippen LogP contribution < -0.4 is 4.90 Å². The van der Waals surface area contributed by atoms with Gasteiger partial charge in [0.1, 0.15) is 0 Å². The van der Waals surface area contributed by atoms with E-state index in [0.29, 0.717) is 18.8 Å². The van der Waals surface area contributed by atoms with Crippen LogP contribution in [0.5, 0.6) is 0 Å². The highest BCUT2D eigenvalue weighted by atomic mass is 32.2. The Bertz CT molecular complexity index is 860. The van der Waals surface area contributed by atoms with Gasteiger partial charge in [-0.15, -0.1) is 0 Å². The maximum Gasteiger partial charge on any atom is 0.243 e. The van der Waals surface area contributed by atoms with Crippen LogP contribution in [0.2, 0.25) is 0 Å². The number of nitrogens with zero attached hydrogens (tertiary/aromatic N) is 2. The largest absolute Gasteiger partial charge is 0.316 e. The maximum absolute atomic E-state index is 12.9. The number of carbonyl (C=O) groups is 1. The van der Waals surface area contributed by atoms with Crippen LogP contribution in [0.3, 0.4) is 0 Å². The molecular weight excluding hydrogens is 324 g/mol. The van der Waals surface area contributed by atoms with E-state index in [9.17, 15) is 13.2 Å². The molecule has 0 atom stereocenters. The lowest BCUT2D eigenvalue weighted by Crippen LogP contribution is -2.35. The van der Waals surface area contributed by atoms with Crippen molar-refractivity contribution in [2.75, 3.05) is 18.5 Å². The third-order valence-electron chi connectivity index (χ3n) is 4.43. The monoisotopic (exact) mass is 344 g/mol. The van der Waals surface area contributed by atoms with Crippen LogP contribution in [0.15, 0.2) is 53.4 Å². The van der Waals surface area contributed by atoms with Gasteiger partial charge in [0, 0.05) is 32.7 Å². The van der Waals surface area contributed by atoms with Gasteiger partial charge in [-0.05, 0) is 41.8 Å². The normalized spacial score (nSPS) is 14.9. The number of hydrogen-bond acceptors (Lipinski definition) is 3. The van der Waals surface area contributed by atoms with Crippen molar-refractivity contribution in [1.82, 2.24) is 4.31 Å². The summed E-state index contributed by atoms with van der Waals surface area (Å²) in [7, 11) is -1.88. The summed E-state index contributed by atoms with van der Waals surface area (Å²) >= 11 is 0. The molecule has 0 aliphatic carbocycles. The molecular formula is C18H20N2O3S. The molecule has 0 fully saturated rings. The second-order valence-corrected chi connectivity index (χ2v) is 7.87. The number of sulfonamides is 1. The molecule has 1 aliphatic rings. The topological polar surface area (TPSA) is 57.7 Å². The van der Waals surface area contributed by atoms with Crippen molar-refractivity contribution < 1.29 is 13.2 Å². The van der Waals surface area contributed by atoms with E-state index in [1.54, 1.807) is 31.3 Å². The minimum Gasteiger partial charge on any atom is -0.316 e. The van der Waals surface area contributed by atoms with E-state index in [1.807, 2.05) is 24.3 Å². The Morgan fingerprint density at radius 1 is 1.04 bits per heavy atom. The van der Waals surface area contributed by atoms with Crippen molar-refractivity contribution in [2.24, 2.45) is 0 Å². The van der Waals surface area contributed by atoms with Gasteiger partial charge in [0.05, 0.1) is 4.90 Å². The maximum atomic E-state index is 12.9. The van der Waals surface area contributed by atoms with Crippen molar-refractivity contribution in [3.63, 3.8) is 0 Å². The first-order valence-electron chi connectivity index (χ1n) is 7.81. The molecule has 0 saturated heterocycles. The van der Waals surface area contributed by atoms with E-state index in [4.69, 9.17) is 0 Å². The first kappa shape index (κ1) is 16.7. The molecule has 6 heteroatoms. The third kappa shape index (κ3) is 3.07. The van der Waals surface area contributed by atoms with E-state index >= 15 is 0 Å². The molecule has 1 amide bonds. The summed E-state index contributed by atoms with van der Waals surface area (Å²) in [6, 6.07) is 14.4. The van der Waals surface area contributed by atoms with Crippen LogP contribution in [-0.4, -0.2) is 32.2 Å². The number of anilines is 1. The lowest BCUT2D eigenvalue weighted by Gasteiger charge is -2.28. The molecule has 24 heavy (non-hydrogen) atoms. The minimum atomic E-state index is -3.54. The van der Waals surface area contributed by atoms with Crippen LogP contribution in [0.4, 0.5) is 5.69 Å². The fourth-order valence-corrected chi connectivity index (χ4v) is 4.27. The van der Waals surface area contributed by atoms with E-state index in [2.05, 4.69) is 0 Å². The van der Waals surface area contributed by atoms with E-state index in [1.165, 1.54) is 21.7 Å². The smallest absolute Gasteiger partial charge is 0.243 e. The van der Waals surface area contributed by atoms with Gasteiger partial charge in [0.2, 0.25) is 15.9 Å². The van der Waals surface area contributed by atoms with Crippen LogP contribution in [0.25, 0.3) is 0 Å². The van der Waals surface area contributed by atoms with Crippen LogP contribution in [0, 0.1) is 0 Å². The van der Waals surface area contributed by atoms with Gasteiger partial charge in [-0.25, -0.2) is 8.42 Å². The Morgan fingerprint density at radius 2 is 1.67 bits per heavy atom. The summed E-state index contributed by atoms with van der Waals surface area (Å²) in [6.45, 7) is 2.35. The number of amides is 1. The molecule has 3 rings (SSSR count). The third-order valence-corrected chi connectivity index (χ3v) is 6.29. The molecule has 0 bridgehead atoms. The van der Waals surface area contributed by atoms with Crippen molar-refractivity contribution in [2.45, 2.75) is 24.8 Å². The molecule has 2 aromatic carbocycles. The highest BCUT2D eigenvalue weighted by molar-refractivity contribution is 7.89. The molecule has 0 saturated carbocycles. The summed E-state index contributed by atoms with van der Waals surface area (Å²) in [5.41, 5.74) is 2.94. The van der Waals surface area contributed by atoms with Crippen LogP contribution in [-0.2, 0) is 27.8 Å². The Morgan fingerprint density at radius 3 is 2.29 bits per heavy atom. The van der Waals surface area contributed by atoms with Crippen molar-refractivity contribution in [1.29, 1.82) is 0 Å². The van der Waals surface area contributed by atoms with Gasteiger partial charge in [-0.3, -0.25) is 4.79 Å². The molecule has 0 unspecified atom stereocenters. The predicted octanol–water partition coefficient (Wildman–Crippen LogP) is 2.42. The molecule has 2 aromatic rings. The van der Waals surface area contributed by atoms with E-state index in [-0.39, 0.29) is 10.8 Å².